The number of nitrogen functional groups attached to an aromatic ring is 1. The van der Waals surface area contributed by atoms with Gasteiger partial charge in [0.2, 0.25) is 0 Å². The van der Waals surface area contributed by atoms with Crippen LogP contribution in [0.1, 0.15) is 21.6 Å². The first-order valence-electron chi connectivity index (χ1n) is 6.10. The number of nitrogens with zero attached hydrogens (tertiary/aromatic N) is 2. The lowest BCUT2D eigenvalue weighted by atomic mass is 10.2. The SMILES string of the molecule is COC(=O)c1ccnc(NCc2ccc(C)nc2)c1N. The molecule has 0 aliphatic carbocycles. The molecular weight excluding hydrogens is 256 g/mol. The quantitative estimate of drug-likeness (QED) is 0.824. The lowest BCUT2D eigenvalue weighted by Crippen LogP contribution is -2.10. The lowest BCUT2D eigenvalue weighted by molar-refractivity contribution is 0.0602. The summed E-state index contributed by atoms with van der Waals surface area (Å²) in [6.07, 6.45) is 3.29. The van der Waals surface area contributed by atoms with Crippen molar-refractivity contribution in [1.29, 1.82) is 0 Å². The van der Waals surface area contributed by atoms with Crippen LogP contribution in [0.3, 0.4) is 0 Å². The van der Waals surface area contributed by atoms with Gasteiger partial charge >= 0.3 is 5.97 Å². The highest BCUT2D eigenvalue weighted by Crippen LogP contribution is 2.21. The van der Waals surface area contributed by atoms with Gasteiger partial charge in [-0.15, -0.1) is 0 Å². The standard InChI is InChI=1S/C14H16N4O2/c1-9-3-4-10(7-17-9)8-18-13-12(15)11(5-6-16-13)14(19)20-2/h3-7H,8,15H2,1-2H3,(H,16,18). The zero-order valence-electron chi connectivity index (χ0n) is 11.4. The number of esters is 1. The van der Waals surface area contributed by atoms with Crippen molar-refractivity contribution in [3.05, 3.63) is 47.4 Å². The zero-order valence-corrected chi connectivity index (χ0v) is 11.4. The summed E-state index contributed by atoms with van der Waals surface area (Å²) >= 11 is 0. The molecule has 2 aromatic heterocycles. The van der Waals surface area contributed by atoms with E-state index in [0.29, 0.717) is 17.9 Å². The van der Waals surface area contributed by atoms with Crippen LogP contribution in [0, 0.1) is 6.92 Å². The number of nitrogens with two attached hydrogens (primary N) is 1. The van der Waals surface area contributed by atoms with Crippen molar-refractivity contribution in [2.45, 2.75) is 13.5 Å². The summed E-state index contributed by atoms with van der Waals surface area (Å²) in [7, 11) is 1.31. The molecular formula is C14H16N4O2. The first-order valence-corrected chi connectivity index (χ1v) is 6.10. The highest BCUT2D eigenvalue weighted by Gasteiger charge is 2.13. The molecule has 104 valence electrons. The molecule has 0 saturated carbocycles. The molecule has 0 fully saturated rings. The number of hydrogen-bond acceptors (Lipinski definition) is 6. The number of carbonyl (C=O) groups excluding carboxylic acids is 1. The Morgan fingerprint density at radius 1 is 1.35 bits per heavy atom. The Bertz CT molecular complexity index is 611. The molecule has 2 aromatic rings. The zero-order chi connectivity index (χ0) is 14.5. The molecule has 6 nitrogen and oxygen atoms in total. The van der Waals surface area contributed by atoms with Crippen molar-refractivity contribution < 1.29 is 9.53 Å². The van der Waals surface area contributed by atoms with Crippen molar-refractivity contribution in [2.75, 3.05) is 18.2 Å². The van der Waals surface area contributed by atoms with E-state index in [-0.39, 0.29) is 5.69 Å². The second-order valence-electron chi connectivity index (χ2n) is 4.27. The van der Waals surface area contributed by atoms with Crippen molar-refractivity contribution in [3.8, 4) is 0 Å². The maximum Gasteiger partial charge on any atom is 0.340 e. The fourth-order valence-corrected chi connectivity index (χ4v) is 1.69. The molecule has 0 radical (unpaired) electrons. The van der Waals surface area contributed by atoms with E-state index in [4.69, 9.17) is 5.73 Å². The number of nitrogens with one attached hydrogen (secondary N) is 1. The first kappa shape index (κ1) is 13.8. The lowest BCUT2D eigenvalue weighted by Gasteiger charge is -2.10. The molecule has 0 aliphatic rings. The van der Waals surface area contributed by atoms with Gasteiger partial charge in [-0.25, -0.2) is 9.78 Å². The second kappa shape index (κ2) is 6.01. The predicted molar refractivity (Wildman–Crippen MR) is 76.3 cm³/mol. The van der Waals surface area contributed by atoms with Gasteiger partial charge in [0.05, 0.1) is 18.4 Å². The number of hydrogen-bond donors (Lipinski definition) is 2. The molecule has 0 bridgehead atoms. The van der Waals surface area contributed by atoms with Crippen molar-refractivity contribution in [2.24, 2.45) is 0 Å². The molecule has 2 heterocycles. The van der Waals surface area contributed by atoms with E-state index in [1.54, 1.807) is 6.20 Å². The van der Waals surface area contributed by atoms with E-state index in [1.165, 1.54) is 19.4 Å². The van der Waals surface area contributed by atoms with Crippen molar-refractivity contribution in [1.82, 2.24) is 9.97 Å². The van der Waals surface area contributed by atoms with Crippen LogP contribution in [0.4, 0.5) is 11.5 Å². The Labute approximate surface area is 117 Å². The van der Waals surface area contributed by atoms with E-state index in [9.17, 15) is 4.79 Å². The van der Waals surface area contributed by atoms with Gasteiger partial charge in [0.25, 0.3) is 0 Å². The highest BCUT2D eigenvalue weighted by molar-refractivity contribution is 5.97. The molecule has 0 aromatic carbocycles. The van der Waals surface area contributed by atoms with Crippen LogP contribution in [-0.2, 0) is 11.3 Å². The maximum absolute atomic E-state index is 11.5. The Morgan fingerprint density at radius 2 is 2.15 bits per heavy atom. The number of pyridine rings is 2. The van der Waals surface area contributed by atoms with Gasteiger partial charge in [-0.05, 0) is 24.6 Å². The third-order valence-electron chi connectivity index (χ3n) is 2.83. The van der Waals surface area contributed by atoms with E-state index in [0.717, 1.165) is 11.3 Å². The molecule has 6 heteroatoms. The van der Waals surface area contributed by atoms with Crippen LogP contribution in [0.2, 0.25) is 0 Å². The van der Waals surface area contributed by atoms with E-state index in [2.05, 4.69) is 20.0 Å². The van der Waals surface area contributed by atoms with Crippen molar-refractivity contribution in [3.63, 3.8) is 0 Å². The molecule has 0 amide bonds. The van der Waals surface area contributed by atoms with Gasteiger partial charge in [-0.3, -0.25) is 4.98 Å². The first-order chi connectivity index (χ1) is 9.61. The molecule has 0 unspecified atom stereocenters. The molecule has 0 spiro atoms. The number of carbonyl (C=O) groups is 1. The van der Waals surface area contributed by atoms with Gasteiger partial charge in [0.1, 0.15) is 5.82 Å². The number of rotatable bonds is 4. The molecule has 0 atom stereocenters. The molecule has 20 heavy (non-hydrogen) atoms. The summed E-state index contributed by atoms with van der Waals surface area (Å²) in [6, 6.07) is 5.42. The molecule has 0 aliphatic heterocycles. The van der Waals surface area contributed by atoms with Gasteiger partial charge in [-0.2, -0.15) is 0 Å². The van der Waals surface area contributed by atoms with Crippen LogP contribution < -0.4 is 11.1 Å². The summed E-state index contributed by atoms with van der Waals surface area (Å²) in [6.45, 7) is 2.45. The number of anilines is 2. The number of ether oxygens (including phenoxy) is 1. The average molecular weight is 272 g/mol. The van der Waals surface area contributed by atoms with E-state index < -0.39 is 5.97 Å². The third-order valence-corrected chi connectivity index (χ3v) is 2.83. The predicted octanol–water partition coefficient (Wildman–Crippen LogP) is 1.77. The Kier molecular flexibility index (Phi) is 4.14. The Balaban J connectivity index is 2.13. The summed E-state index contributed by atoms with van der Waals surface area (Å²) in [5, 5.41) is 3.08. The molecule has 0 saturated heterocycles. The maximum atomic E-state index is 11.5. The minimum atomic E-state index is -0.482. The van der Waals surface area contributed by atoms with Gasteiger partial charge < -0.3 is 15.8 Å². The summed E-state index contributed by atoms with van der Waals surface area (Å²) in [5.74, 6) is -0.0292. The van der Waals surface area contributed by atoms with Crippen LogP contribution in [0.25, 0.3) is 0 Å². The van der Waals surface area contributed by atoms with Gasteiger partial charge in [0.15, 0.2) is 0 Å². The van der Waals surface area contributed by atoms with E-state index in [1.807, 2.05) is 19.1 Å². The highest BCUT2D eigenvalue weighted by atomic mass is 16.5. The normalized spacial score (nSPS) is 10.1. The third kappa shape index (κ3) is 3.03. The Hall–Kier alpha value is -2.63. The topological polar surface area (TPSA) is 90.1 Å². The summed E-state index contributed by atoms with van der Waals surface area (Å²) < 4.78 is 4.66. The largest absolute Gasteiger partial charge is 0.465 e. The monoisotopic (exact) mass is 272 g/mol. The second-order valence-corrected chi connectivity index (χ2v) is 4.27. The molecule has 2 rings (SSSR count). The van der Waals surface area contributed by atoms with Crippen LogP contribution in [-0.4, -0.2) is 23.0 Å². The minimum Gasteiger partial charge on any atom is -0.465 e. The van der Waals surface area contributed by atoms with Crippen LogP contribution in [0.15, 0.2) is 30.6 Å². The number of aromatic nitrogens is 2. The summed E-state index contributed by atoms with van der Waals surface area (Å²) in [4.78, 5) is 19.9. The number of aryl methyl sites for hydroxylation is 1. The van der Waals surface area contributed by atoms with Gasteiger partial charge in [-0.1, -0.05) is 6.07 Å². The van der Waals surface area contributed by atoms with E-state index >= 15 is 0 Å². The average Bonchev–Trinajstić information content (AvgIpc) is 2.47. The van der Waals surface area contributed by atoms with Crippen LogP contribution >= 0.6 is 0 Å². The Morgan fingerprint density at radius 3 is 2.80 bits per heavy atom. The van der Waals surface area contributed by atoms with Gasteiger partial charge in [0, 0.05) is 24.6 Å². The smallest absolute Gasteiger partial charge is 0.340 e. The fraction of sp³-hybridized carbons (Fsp3) is 0.214. The fourth-order valence-electron chi connectivity index (χ4n) is 1.69. The summed E-state index contributed by atoms with van der Waals surface area (Å²) in [5.41, 5.74) is 8.44. The van der Waals surface area contributed by atoms with Crippen molar-refractivity contribution >= 4 is 17.5 Å². The van der Waals surface area contributed by atoms with Crippen LogP contribution in [0.5, 0.6) is 0 Å². The minimum absolute atomic E-state index is 0.277. The molecule has 3 N–H and O–H groups in total. The number of methoxy groups -OCH3 is 1.